The van der Waals surface area contributed by atoms with Gasteiger partial charge in [0.25, 0.3) is 10.9 Å². The molecule has 0 bridgehead atoms. The highest BCUT2D eigenvalue weighted by Crippen LogP contribution is 2.33. The molecule has 0 aromatic heterocycles. The molecule has 0 aliphatic rings. The number of hydrogen-bond donors (Lipinski definition) is 0. The summed E-state index contributed by atoms with van der Waals surface area (Å²) in [5, 5.41) is 9.34. The summed E-state index contributed by atoms with van der Waals surface area (Å²) >= 11 is 16.2. The number of nitrogens with zero attached hydrogens (tertiary/aromatic N) is 1. The average Bonchev–Trinajstić information content (AvgIpc) is 2.08. The van der Waals surface area contributed by atoms with Crippen LogP contribution in [0.2, 0.25) is 10.0 Å². The summed E-state index contributed by atoms with van der Waals surface area (Å²) in [4.78, 5) is 20.4. The van der Waals surface area contributed by atoms with Gasteiger partial charge in [-0.25, -0.2) is 0 Å². The van der Waals surface area contributed by atoms with Crippen LogP contribution in [0.5, 0.6) is 0 Å². The first-order valence-corrected chi connectivity index (χ1v) is 4.40. The smallest absolute Gasteiger partial charge is 0.276 e. The number of rotatable bonds is 2. The third-order valence-corrected chi connectivity index (χ3v) is 2.44. The van der Waals surface area contributed by atoms with Crippen molar-refractivity contribution in [1.82, 2.24) is 0 Å². The lowest BCUT2D eigenvalue weighted by Gasteiger charge is -1.99. The number of carbonyl (C=O) groups excluding carboxylic acids is 1. The lowest BCUT2D eigenvalue weighted by atomic mass is 10.2. The quantitative estimate of drug-likeness (QED) is 0.462. The fraction of sp³-hybridized carbons (Fsp3) is 0. The Labute approximate surface area is 93.5 Å². The van der Waals surface area contributed by atoms with E-state index in [9.17, 15) is 14.9 Å². The van der Waals surface area contributed by atoms with Crippen LogP contribution in [-0.2, 0) is 0 Å². The van der Waals surface area contributed by atoms with Gasteiger partial charge in [-0.15, -0.1) is 0 Å². The van der Waals surface area contributed by atoms with Gasteiger partial charge in [0.2, 0.25) is 0 Å². The van der Waals surface area contributed by atoms with E-state index in [-0.39, 0.29) is 15.6 Å². The van der Waals surface area contributed by atoms with Gasteiger partial charge in [-0.3, -0.25) is 14.9 Å². The predicted octanol–water partition coefficient (Wildman–Crippen LogP) is 3.28. The van der Waals surface area contributed by atoms with Crippen molar-refractivity contribution in [3.8, 4) is 0 Å². The summed E-state index contributed by atoms with van der Waals surface area (Å²) in [6, 6.07) is 2.15. The van der Waals surface area contributed by atoms with Crippen LogP contribution in [0, 0.1) is 10.1 Å². The Morgan fingerprint density at radius 2 is 1.93 bits per heavy atom. The molecular formula is C7H2Cl3NO3. The highest BCUT2D eigenvalue weighted by molar-refractivity contribution is 6.68. The minimum Gasteiger partial charge on any atom is -0.276 e. The topological polar surface area (TPSA) is 60.2 Å². The minimum atomic E-state index is -0.827. The maximum absolute atomic E-state index is 10.7. The van der Waals surface area contributed by atoms with Crippen LogP contribution < -0.4 is 0 Å². The number of halogens is 3. The molecule has 1 rings (SSSR count). The molecule has 0 aliphatic heterocycles. The van der Waals surface area contributed by atoms with Crippen molar-refractivity contribution in [2.75, 3.05) is 0 Å². The summed E-state index contributed by atoms with van der Waals surface area (Å²) in [7, 11) is 0. The van der Waals surface area contributed by atoms with E-state index in [1.54, 1.807) is 0 Å². The summed E-state index contributed by atoms with van der Waals surface area (Å²) < 4.78 is 0. The molecule has 0 radical (unpaired) electrons. The Morgan fingerprint density at radius 3 is 2.36 bits per heavy atom. The molecule has 0 spiro atoms. The second kappa shape index (κ2) is 4.13. The lowest BCUT2D eigenvalue weighted by molar-refractivity contribution is -0.384. The standard InChI is InChI=1S/C7H2Cl3NO3/c8-4-1-3(7(10)12)2-5(6(4)9)11(13)14/h1-2H. The number of hydrogen-bond acceptors (Lipinski definition) is 3. The van der Waals surface area contributed by atoms with Gasteiger partial charge in [0, 0.05) is 11.6 Å². The van der Waals surface area contributed by atoms with Crippen molar-refractivity contribution in [3.63, 3.8) is 0 Å². The first-order chi connectivity index (χ1) is 6.43. The van der Waals surface area contributed by atoms with Gasteiger partial charge in [0.15, 0.2) is 0 Å². The molecular weight excluding hydrogens is 252 g/mol. The van der Waals surface area contributed by atoms with E-state index in [0.29, 0.717) is 0 Å². The van der Waals surface area contributed by atoms with Crippen LogP contribution in [0.1, 0.15) is 10.4 Å². The molecule has 0 amide bonds. The van der Waals surface area contributed by atoms with Gasteiger partial charge in [-0.1, -0.05) is 23.2 Å². The summed E-state index contributed by atoms with van der Waals surface area (Å²) in [6.07, 6.45) is 0. The molecule has 0 saturated heterocycles. The van der Waals surface area contributed by atoms with Crippen molar-refractivity contribution >= 4 is 45.7 Å². The second-order valence-electron chi connectivity index (χ2n) is 2.32. The largest absolute Gasteiger partial charge is 0.290 e. The van der Waals surface area contributed by atoms with E-state index in [0.717, 1.165) is 6.07 Å². The fourth-order valence-corrected chi connectivity index (χ4v) is 1.32. The van der Waals surface area contributed by atoms with Crippen LogP contribution >= 0.6 is 34.8 Å². The van der Waals surface area contributed by atoms with E-state index in [4.69, 9.17) is 34.8 Å². The molecule has 1 aromatic carbocycles. The normalized spacial score (nSPS) is 9.93. The van der Waals surface area contributed by atoms with Crippen LogP contribution in [0.25, 0.3) is 0 Å². The zero-order chi connectivity index (χ0) is 10.9. The number of benzene rings is 1. The summed E-state index contributed by atoms with van der Waals surface area (Å²) in [5.74, 6) is 0. The molecule has 74 valence electrons. The van der Waals surface area contributed by atoms with E-state index in [2.05, 4.69) is 0 Å². The summed E-state index contributed by atoms with van der Waals surface area (Å²) in [6.45, 7) is 0. The molecule has 4 nitrogen and oxygen atoms in total. The lowest BCUT2D eigenvalue weighted by Crippen LogP contribution is -1.95. The number of nitro groups is 1. The van der Waals surface area contributed by atoms with Crippen molar-refractivity contribution in [3.05, 3.63) is 37.9 Å². The SMILES string of the molecule is O=C(Cl)c1cc(Cl)c(Cl)c([N+](=O)[O-])c1. The molecule has 0 aliphatic carbocycles. The molecule has 0 atom stereocenters. The third kappa shape index (κ3) is 2.15. The van der Waals surface area contributed by atoms with Gasteiger partial charge < -0.3 is 0 Å². The number of carbonyl (C=O) groups is 1. The maximum atomic E-state index is 10.7. The van der Waals surface area contributed by atoms with Gasteiger partial charge in [-0.2, -0.15) is 0 Å². The molecule has 0 N–H and O–H groups in total. The van der Waals surface area contributed by atoms with Gasteiger partial charge >= 0.3 is 0 Å². The molecule has 0 unspecified atom stereocenters. The van der Waals surface area contributed by atoms with Gasteiger partial charge in [0.1, 0.15) is 5.02 Å². The highest BCUT2D eigenvalue weighted by Gasteiger charge is 2.19. The minimum absolute atomic E-state index is 0.0623. The average molecular weight is 254 g/mol. The molecule has 0 fully saturated rings. The molecule has 7 heteroatoms. The maximum Gasteiger partial charge on any atom is 0.290 e. The van der Waals surface area contributed by atoms with E-state index < -0.39 is 15.9 Å². The fourth-order valence-electron chi connectivity index (χ4n) is 0.821. The van der Waals surface area contributed by atoms with Crippen molar-refractivity contribution in [2.45, 2.75) is 0 Å². The van der Waals surface area contributed by atoms with Crippen molar-refractivity contribution in [1.29, 1.82) is 0 Å². The van der Waals surface area contributed by atoms with Crippen molar-refractivity contribution < 1.29 is 9.72 Å². The number of nitro benzene ring substituents is 1. The zero-order valence-corrected chi connectivity index (χ0v) is 8.73. The van der Waals surface area contributed by atoms with Gasteiger partial charge in [-0.05, 0) is 17.7 Å². The second-order valence-corrected chi connectivity index (χ2v) is 3.45. The molecule has 14 heavy (non-hydrogen) atoms. The van der Waals surface area contributed by atoms with Crippen LogP contribution in [-0.4, -0.2) is 10.2 Å². The summed E-state index contributed by atoms with van der Waals surface area (Å²) in [5.41, 5.74) is -0.504. The third-order valence-electron chi connectivity index (χ3n) is 1.43. The van der Waals surface area contributed by atoms with Crippen LogP contribution in [0.4, 0.5) is 5.69 Å². The molecule has 0 heterocycles. The molecule has 0 saturated carbocycles. The van der Waals surface area contributed by atoms with E-state index in [1.807, 2.05) is 0 Å². The van der Waals surface area contributed by atoms with Crippen LogP contribution in [0.15, 0.2) is 12.1 Å². The predicted molar refractivity (Wildman–Crippen MR) is 53.3 cm³/mol. The van der Waals surface area contributed by atoms with Crippen molar-refractivity contribution in [2.24, 2.45) is 0 Å². The highest BCUT2D eigenvalue weighted by atomic mass is 35.5. The zero-order valence-electron chi connectivity index (χ0n) is 6.46. The van der Waals surface area contributed by atoms with Gasteiger partial charge in [0.05, 0.1) is 9.95 Å². The Hall–Kier alpha value is -0.840. The Kier molecular flexibility index (Phi) is 3.31. The monoisotopic (exact) mass is 253 g/mol. The first-order valence-electron chi connectivity index (χ1n) is 3.26. The Bertz CT molecular complexity index is 419. The van der Waals surface area contributed by atoms with E-state index >= 15 is 0 Å². The first kappa shape index (κ1) is 11.2. The van der Waals surface area contributed by atoms with E-state index in [1.165, 1.54) is 6.07 Å². The van der Waals surface area contributed by atoms with Crippen LogP contribution in [0.3, 0.4) is 0 Å². The molecule has 1 aromatic rings. The Balaban J connectivity index is 3.43. The Morgan fingerprint density at radius 1 is 1.36 bits per heavy atom.